The molecule has 4 aromatic rings. The first-order valence-corrected chi connectivity index (χ1v) is 14.5. The maximum absolute atomic E-state index is 13.5. The van der Waals surface area contributed by atoms with Crippen LogP contribution in [0, 0.1) is 0 Å². The number of benzene rings is 2. The summed E-state index contributed by atoms with van der Waals surface area (Å²) in [6.07, 6.45) is 4.06. The van der Waals surface area contributed by atoms with Gasteiger partial charge >= 0.3 is 6.09 Å². The quantitative estimate of drug-likeness (QED) is 0.239. The minimum absolute atomic E-state index is 0. The highest BCUT2D eigenvalue weighted by Gasteiger charge is 2.33. The third kappa shape index (κ3) is 6.99. The van der Waals surface area contributed by atoms with Gasteiger partial charge in [0.2, 0.25) is 0 Å². The number of ether oxygens (including phenoxy) is 1. The lowest BCUT2D eigenvalue weighted by Crippen LogP contribution is -2.50. The minimum atomic E-state index is -0.655. The Morgan fingerprint density at radius 1 is 0.881 bits per heavy atom. The van der Waals surface area contributed by atoms with E-state index in [0.717, 1.165) is 48.5 Å². The topological polar surface area (TPSA) is 117 Å². The van der Waals surface area contributed by atoms with E-state index >= 15 is 0 Å². The normalized spacial score (nSPS) is 15.6. The molecule has 2 N–H and O–H groups in total. The van der Waals surface area contributed by atoms with E-state index in [1.165, 1.54) is 0 Å². The number of nitrogens with zero attached hydrogens (tertiary/aromatic N) is 7. The number of hydrogen-bond donors (Lipinski definition) is 1. The summed E-state index contributed by atoms with van der Waals surface area (Å²) in [5.74, 6) is 3.00. The number of carbonyl (C=O) groups is 1. The van der Waals surface area contributed by atoms with Crippen molar-refractivity contribution in [3.63, 3.8) is 0 Å². The summed E-state index contributed by atoms with van der Waals surface area (Å²) in [6, 6.07) is 20.6. The lowest BCUT2D eigenvalue weighted by atomic mass is 10.2. The second kappa shape index (κ2) is 12.2. The molecule has 0 aliphatic heterocycles. The highest BCUT2D eigenvalue weighted by molar-refractivity contribution is 5.85. The molecule has 2 aliphatic rings. The zero-order valence-corrected chi connectivity index (χ0v) is 25.2. The number of nitrogens with two attached hydrogens (primary N) is 1. The van der Waals surface area contributed by atoms with Gasteiger partial charge < -0.3 is 10.5 Å². The molecule has 0 bridgehead atoms. The molecule has 1 amide bonds. The molecule has 0 spiro atoms. The Labute approximate surface area is 252 Å². The van der Waals surface area contributed by atoms with Gasteiger partial charge in [0.05, 0.1) is 18.2 Å². The van der Waals surface area contributed by atoms with Crippen molar-refractivity contribution in [3.05, 3.63) is 72.3 Å². The molecule has 6 rings (SSSR count). The lowest BCUT2D eigenvalue weighted by Gasteiger charge is -2.31. The van der Waals surface area contributed by atoms with Crippen LogP contribution in [-0.4, -0.2) is 58.8 Å². The minimum Gasteiger partial charge on any atom is -0.444 e. The number of halogens is 1. The average Bonchev–Trinajstić information content (AvgIpc) is 3.89. The molecule has 2 heterocycles. The van der Waals surface area contributed by atoms with Crippen LogP contribution in [0.25, 0.3) is 22.8 Å². The zero-order valence-electron chi connectivity index (χ0n) is 24.4. The molecule has 2 fully saturated rings. The van der Waals surface area contributed by atoms with Crippen molar-refractivity contribution in [2.45, 2.75) is 83.1 Å². The van der Waals surface area contributed by atoms with Crippen LogP contribution in [0.15, 0.2) is 60.7 Å². The maximum Gasteiger partial charge on any atom is 0.411 e. The van der Waals surface area contributed by atoms with Gasteiger partial charge in [-0.15, -0.1) is 12.4 Å². The van der Waals surface area contributed by atoms with Crippen LogP contribution in [0.4, 0.5) is 4.79 Å². The van der Waals surface area contributed by atoms with Crippen LogP contribution in [0.2, 0.25) is 0 Å². The maximum atomic E-state index is 13.5. The SMILES string of the molecule is CC(C)(C)OC(=O)N(CCc1nc(-c2ccccc2)nn1C1CC1)C(N)Cc1nc(-c2ccccc2)nn1C1CC1.Cl. The van der Waals surface area contributed by atoms with E-state index in [0.29, 0.717) is 43.1 Å². The van der Waals surface area contributed by atoms with Gasteiger partial charge in [-0.25, -0.2) is 24.1 Å². The molecule has 2 saturated carbocycles. The molecule has 2 aromatic carbocycles. The molecule has 1 atom stereocenters. The Kier molecular flexibility index (Phi) is 8.65. The van der Waals surface area contributed by atoms with Crippen molar-refractivity contribution in [3.8, 4) is 22.8 Å². The summed E-state index contributed by atoms with van der Waals surface area (Å²) in [6.45, 7) is 5.93. The fourth-order valence-electron chi connectivity index (χ4n) is 4.89. The van der Waals surface area contributed by atoms with E-state index in [1.807, 2.05) is 90.8 Å². The van der Waals surface area contributed by atoms with Crippen LogP contribution in [0.5, 0.6) is 0 Å². The van der Waals surface area contributed by atoms with E-state index in [-0.39, 0.29) is 12.4 Å². The smallest absolute Gasteiger partial charge is 0.411 e. The molecule has 222 valence electrons. The van der Waals surface area contributed by atoms with Crippen molar-refractivity contribution in [2.75, 3.05) is 6.54 Å². The highest BCUT2D eigenvalue weighted by Crippen LogP contribution is 2.37. The van der Waals surface area contributed by atoms with Crippen molar-refractivity contribution in [2.24, 2.45) is 5.73 Å². The van der Waals surface area contributed by atoms with E-state index in [9.17, 15) is 4.79 Å². The Morgan fingerprint density at radius 2 is 1.36 bits per heavy atom. The van der Waals surface area contributed by atoms with Gasteiger partial charge in [0.25, 0.3) is 0 Å². The monoisotopic (exact) mass is 590 g/mol. The molecular weight excluding hydrogens is 552 g/mol. The van der Waals surface area contributed by atoms with E-state index < -0.39 is 17.9 Å². The largest absolute Gasteiger partial charge is 0.444 e. The summed E-state index contributed by atoms with van der Waals surface area (Å²) in [4.78, 5) is 24.8. The van der Waals surface area contributed by atoms with Gasteiger partial charge in [-0.3, -0.25) is 4.90 Å². The predicted octanol–water partition coefficient (Wildman–Crippen LogP) is 5.60. The van der Waals surface area contributed by atoms with Gasteiger partial charge in [0.1, 0.15) is 17.2 Å². The van der Waals surface area contributed by atoms with Crippen LogP contribution >= 0.6 is 12.4 Å². The fraction of sp³-hybridized carbons (Fsp3) is 0.452. The number of hydrogen-bond acceptors (Lipinski definition) is 7. The lowest BCUT2D eigenvalue weighted by molar-refractivity contribution is 0.0164. The first-order valence-electron chi connectivity index (χ1n) is 14.5. The molecule has 1 unspecified atom stereocenters. The fourth-order valence-corrected chi connectivity index (χ4v) is 4.89. The molecule has 42 heavy (non-hydrogen) atoms. The summed E-state index contributed by atoms with van der Waals surface area (Å²) in [5.41, 5.74) is 8.06. The second-order valence-electron chi connectivity index (χ2n) is 12.0. The molecule has 0 radical (unpaired) electrons. The van der Waals surface area contributed by atoms with Crippen molar-refractivity contribution < 1.29 is 9.53 Å². The van der Waals surface area contributed by atoms with Crippen LogP contribution in [0.3, 0.4) is 0 Å². The van der Waals surface area contributed by atoms with Crippen LogP contribution in [-0.2, 0) is 17.6 Å². The molecule has 11 heteroatoms. The molecule has 2 aliphatic carbocycles. The average molecular weight is 591 g/mol. The first kappa shape index (κ1) is 29.7. The molecule has 0 saturated heterocycles. The summed E-state index contributed by atoms with van der Waals surface area (Å²) < 4.78 is 9.81. The Morgan fingerprint density at radius 3 is 1.83 bits per heavy atom. The first-order chi connectivity index (χ1) is 19.7. The van der Waals surface area contributed by atoms with Gasteiger partial charge in [-0.1, -0.05) is 60.7 Å². The molecule has 10 nitrogen and oxygen atoms in total. The third-order valence-corrected chi connectivity index (χ3v) is 7.25. The molecular formula is C31H39ClN8O2. The summed E-state index contributed by atoms with van der Waals surface area (Å²) in [5, 5.41) is 9.64. The van der Waals surface area contributed by atoms with Crippen LogP contribution in [0.1, 0.15) is 70.2 Å². The van der Waals surface area contributed by atoms with Gasteiger partial charge in [-0.2, -0.15) is 10.2 Å². The van der Waals surface area contributed by atoms with Crippen molar-refractivity contribution >= 4 is 18.5 Å². The third-order valence-electron chi connectivity index (χ3n) is 7.25. The summed E-state index contributed by atoms with van der Waals surface area (Å²) in [7, 11) is 0. The van der Waals surface area contributed by atoms with Crippen LogP contribution < -0.4 is 5.73 Å². The van der Waals surface area contributed by atoms with E-state index in [2.05, 4.69) is 0 Å². The van der Waals surface area contributed by atoms with E-state index in [1.54, 1.807) is 4.90 Å². The Bertz CT molecular complexity index is 1490. The summed E-state index contributed by atoms with van der Waals surface area (Å²) >= 11 is 0. The number of carbonyl (C=O) groups excluding carboxylic acids is 1. The number of rotatable bonds is 10. The predicted molar refractivity (Wildman–Crippen MR) is 163 cm³/mol. The van der Waals surface area contributed by atoms with E-state index in [4.69, 9.17) is 30.6 Å². The Hall–Kier alpha value is -3.76. The Balaban J connectivity index is 0.00000353. The standard InChI is InChI=1S/C31H38N8O2.ClH/c1-31(2,3)41-30(40)37(19-18-26-33-28(21-10-6-4-7-11-21)35-38(26)23-14-15-23)25(32)20-27-34-29(22-12-8-5-9-13-22)36-39(27)24-16-17-24;/h4-13,23-25H,14-20,32H2,1-3H3;1H. The zero-order chi connectivity index (χ0) is 28.6. The number of aromatic nitrogens is 6. The molecule has 2 aromatic heterocycles. The van der Waals surface area contributed by atoms with Crippen molar-refractivity contribution in [1.29, 1.82) is 0 Å². The van der Waals surface area contributed by atoms with Crippen molar-refractivity contribution in [1.82, 2.24) is 34.4 Å². The van der Waals surface area contributed by atoms with Gasteiger partial charge in [-0.05, 0) is 46.5 Å². The van der Waals surface area contributed by atoms with Gasteiger partial charge in [0.15, 0.2) is 11.6 Å². The van der Waals surface area contributed by atoms with Gasteiger partial charge in [0, 0.05) is 30.5 Å². The number of amides is 1. The second-order valence-corrected chi connectivity index (χ2v) is 12.0. The highest BCUT2D eigenvalue weighted by atomic mass is 35.5.